The molecule has 31 heavy (non-hydrogen) atoms. The van der Waals surface area contributed by atoms with Crippen molar-refractivity contribution in [3.63, 3.8) is 0 Å². The Hall–Kier alpha value is -3.95. The third-order valence-corrected chi connectivity index (χ3v) is 4.71. The number of aromatic nitrogens is 4. The molecule has 158 valence electrons. The van der Waals surface area contributed by atoms with Crippen molar-refractivity contribution in [3.05, 3.63) is 66.0 Å². The van der Waals surface area contributed by atoms with Crippen LogP contribution in [-0.4, -0.2) is 32.5 Å². The Morgan fingerprint density at radius 1 is 1.03 bits per heavy atom. The number of rotatable bonds is 4. The first-order valence-corrected chi connectivity index (χ1v) is 9.08. The van der Waals surface area contributed by atoms with E-state index in [1.807, 2.05) is 12.1 Å². The summed E-state index contributed by atoms with van der Waals surface area (Å²) in [5.74, 6) is 0.852. The molecular weight excluding hydrogens is 411 g/mol. The zero-order chi connectivity index (χ0) is 22.2. The molecule has 2 aromatic heterocycles. The smallest absolute Gasteiger partial charge is 0.416 e. The fraction of sp³-hybridized carbons (Fsp3) is 0.143. The number of anilines is 1. The Bertz CT molecular complexity index is 1250. The molecule has 1 N–H and O–H groups in total. The molecule has 1 amide bonds. The highest BCUT2D eigenvalue weighted by molar-refractivity contribution is 6.07. The van der Waals surface area contributed by atoms with Gasteiger partial charge in [-0.3, -0.25) is 4.79 Å². The van der Waals surface area contributed by atoms with Crippen LogP contribution in [0.5, 0.6) is 5.75 Å². The number of nitrogens with one attached hydrogen (secondary N) is 1. The fourth-order valence-corrected chi connectivity index (χ4v) is 3.08. The van der Waals surface area contributed by atoms with E-state index in [0.29, 0.717) is 22.7 Å². The number of carbonyl (C=O) groups excluding carboxylic acids is 1. The summed E-state index contributed by atoms with van der Waals surface area (Å²) in [6, 6.07) is 11.2. The van der Waals surface area contributed by atoms with Crippen LogP contribution in [0.4, 0.5) is 19.0 Å². The van der Waals surface area contributed by atoms with Gasteiger partial charge in [0.2, 0.25) is 0 Å². The second-order valence-corrected chi connectivity index (χ2v) is 6.65. The van der Waals surface area contributed by atoms with Gasteiger partial charge in [-0.05, 0) is 48.5 Å². The SMILES string of the molecule is COc1ccc(-c2nc3c(NC(=O)c4ccc(C(F)(F)F)cc4)ncnc3n2C)cc1. The van der Waals surface area contributed by atoms with Crippen molar-refractivity contribution in [3.8, 4) is 17.1 Å². The van der Waals surface area contributed by atoms with E-state index in [9.17, 15) is 18.0 Å². The summed E-state index contributed by atoms with van der Waals surface area (Å²) in [6.45, 7) is 0. The molecule has 0 bridgehead atoms. The van der Waals surface area contributed by atoms with Crippen molar-refractivity contribution >= 4 is 22.9 Å². The lowest BCUT2D eigenvalue weighted by atomic mass is 10.1. The van der Waals surface area contributed by atoms with Gasteiger partial charge in [-0.25, -0.2) is 15.0 Å². The second-order valence-electron chi connectivity index (χ2n) is 6.65. The maximum Gasteiger partial charge on any atom is 0.416 e. The van der Waals surface area contributed by atoms with Crippen LogP contribution in [-0.2, 0) is 13.2 Å². The van der Waals surface area contributed by atoms with Crippen molar-refractivity contribution in [2.24, 2.45) is 7.05 Å². The summed E-state index contributed by atoms with van der Waals surface area (Å²) in [6.07, 6.45) is -3.19. The standard InChI is InChI=1S/C21H16F3N5O2/c1-29-18(12-5-9-15(31-2)10-6-12)27-16-17(25-11-26-19(16)29)28-20(30)13-3-7-14(8-4-13)21(22,23)24/h3-11H,1-2H3,(H,25,26,28,30). The van der Waals surface area contributed by atoms with E-state index in [0.717, 1.165) is 29.8 Å². The minimum atomic E-state index is -4.47. The molecule has 0 unspecified atom stereocenters. The van der Waals surface area contributed by atoms with Crippen LogP contribution in [0.25, 0.3) is 22.6 Å². The number of methoxy groups -OCH3 is 1. The Balaban J connectivity index is 1.66. The summed E-state index contributed by atoms with van der Waals surface area (Å²) in [5, 5.41) is 2.60. The number of amides is 1. The van der Waals surface area contributed by atoms with E-state index in [1.54, 1.807) is 30.9 Å². The first-order chi connectivity index (χ1) is 14.8. The highest BCUT2D eigenvalue weighted by Crippen LogP contribution is 2.30. The van der Waals surface area contributed by atoms with Crippen molar-refractivity contribution in [2.75, 3.05) is 12.4 Å². The molecule has 2 aromatic carbocycles. The van der Waals surface area contributed by atoms with E-state index in [-0.39, 0.29) is 11.4 Å². The molecule has 4 rings (SSSR count). The van der Waals surface area contributed by atoms with Crippen LogP contribution in [0.15, 0.2) is 54.9 Å². The summed E-state index contributed by atoms with van der Waals surface area (Å²) in [5.41, 5.74) is 0.884. The van der Waals surface area contributed by atoms with Crippen LogP contribution in [0.2, 0.25) is 0 Å². The molecule has 4 aromatic rings. The number of fused-ring (bicyclic) bond motifs is 1. The zero-order valence-corrected chi connectivity index (χ0v) is 16.4. The van der Waals surface area contributed by atoms with Gasteiger partial charge >= 0.3 is 6.18 Å². The molecule has 0 aliphatic rings. The number of alkyl halides is 3. The summed E-state index contributed by atoms with van der Waals surface area (Å²) < 4.78 is 45.1. The van der Waals surface area contributed by atoms with Gasteiger partial charge < -0.3 is 14.6 Å². The van der Waals surface area contributed by atoms with Crippen LogP contribution in [0.3, 0.4) is 0 Å². The molecular formula is C21H16F3N5O2. The maximum atomic E-state index is 12.7. The van der Waals surface area contributed by atoms with Crippen LogP contribution < -0.4 is 10.1 Å². The van der Waals surface area contributed by atoms with Gasteiger partial charge in [-0.1, -0.05) is 0 Å². The Kier molecular flexibility index (Phi) is 5.05. The Morgan fingerprint density at radius 3 is 2.32 bits per heavy atom. The molecule has 0 radical (unpaired) electrons. The van der Waals surface area contributed by atoms with E-state index in [4.69, 9.17) is 4.74 Å². The van der Waals surface area contributed by atoms with Crippen molar-refractivity contribution in [1.82, 2.24) is 19.5 Å². The number of carbonyl (C=O) groups is 1. The van der Waals surface area contributed by atoms with E-state index in [1.165, 1.54) is 6.33 Å². The van der Waals surface area contributed by atoms with Crippen molar-refractivity contribution < 1.29 is 22.7 Å². The van der Waals surface area contributed by atoms with Gasteiger partial charge in [-0.15, -0.1) is 0 Å². The zero-order valence-electron chi connectivity index (χ0n) is 16.4. The van der Waals surface area contributed by atoms with Gasteiger partial charge in [0.1, 0.15) is 17.9 Å². The molecule has 0 saturated carbocycles. The molecule has 0 atom stereocenters. The van der Waals surface area contributed by atoms with E-state index >= 15 is 0 Å². The lowest BCUT2D eigenvalue weighted by molar-refractivity contribution is -0.137. The van der Waals surface area contributed by atoms with Crippen LogP contribution >= 0.6 is 0 Å². The average molecular weight is 427 g/mol. The topological polar surface area (TPSA) is 81.9 Å². The van der Waals surface area contributed by atoms with Gasteiger partial charge in [0.25, 0.3) is 5.91 Å². The number of ether oxygens (including phenoxy) is 1. The minimum Gasteiger partial charge on any atom is -0.497 e. The highest BCUT2D eigenvalue weighted by atomic mass is 19.4. The molecule has 10 heteroatoms. The number of hydrogen-bond acceptors (Lipinski definition) is 5. The average Bonchev–Trinajstić information content (AvgIpc) is 3.11. The summed E-state index contributed by atoms with van der Waals surface area (Å²) >= 11 is 0. The number of nitrogens with zero attached hydrogens (tertiary/aromatic N) is 4. The van der Waals surface area contributed by atoms with Gasteiger partial charge in [0.05, 0.1) is 12.7 Å². The second kappa shape index (κ2) is 7.71. The lowest BCUT2D eigenvalue weighted by Crippen LogP contribution is -2.14. The molecule has 0 fully saturated rings. The summed E-state index contributed by atoms with van der Waals surface area (Å²) in [4.78, 5) is 25.4. The minimum absolute atomic E-state index is 0.0612. The van der Waals surface area contributed by atoms with E-state index in [2.05, 4.69) is 20.3 Å². The third kappa shape index (κ3) is 3.91. The predicted octanol–water partition coefficient (Wildman–Crippen LogP) is 4.31. The molecule has 0 saturated heterocycles. The normalized spacial score (nSPS) is 11.5. The molecule has 2 heterocycles. The third-order valence-electron chi connectivity index (χ3n) is 4.71. The van der Waals surface area contributed by atoms with Crippen LogP contribution in [0.1, 0.15) is 15.9 Å². The number of hydrogen-bond donors (Lipinski definition) is 1. The predicted molar refractivity (Wildman–Crippen MR) is 108 cm³/mol. The van der Waals surface area contributed by atoms with Gasteiger partial charge in [0.15, 0.2) is 17.0 Å². The number of aryl methyl sites for hydroxylation is 1. The highest BCUT2D eigenvalue weighted by Gasteiger charge is 2.30. The van der Waals surface area contributed by atoms with Crippen molar-refractivity contribution in [1.29, 1.82) is 0 Å². The Morgan fingerprint density at radius 2 is 1.71 bits per heavy atom. The number of imidazole rings is 1. The van der Waals surface area contributed by atoms with E-state index < -0.39 is 17.6 Å². The summed E-state index contributed by atoms with van der Waals surface area (Å²) in [7, 11) is 3.36. The quantitative estimate of drug-likeness (QED) is 0.525. The molecule has 0 aliphatic heterocycles. The Labute approximate surface area is 174 Å². The van der Waals surface area contributed by atoms with Gasteiger partial charge in [0, 0.05) is 18.2 Å². The van der Waals surface area contributed by atoms with Crippen molar-refractivity contribution in [2.45, 2.75) is 6.18 Å². The number of benzene rings is 2. The fourth-order valence-electron chi connectivity index (χ4n) is 3.08. The first kappa shape index (κ1) is 20.3. The molecule has 7 nitrogen and oxygen atoms in total. The van der Waals surface area contributed by atoms with Gasteiger partial charge in [-0.2, -0.15) is 13.2 Å². The lowest BCUT2D eigenvalue weighted by Gasteiger charge is -2.08. The molecule has 0 aliphatic carbocycles. The molecule has 0 spiro atoms. The first-order valence-electron chi connectivity index (χ1n) is 9.08. The largest absolute Gasteiger partial charge is 0.497 e. The monoisotopic (exact) mass is 427 g/mol. The van der Waals surface area contributed by atoms with Crippen LogP contribution in [0, 0.1) is 0 Å². The number of halogens is 3. The maximum absolute atomic E-state index is 12.7.